The third-order valence-electron chi connectivity index (χ3n) is 5.01. The highest BCUT2D eigenvalue weighted by atomic mass is 79.9. The molecule has 5 nitrogen and oxygen atoms in total. The predicted molar refractivity (Wildman–Crippen MR) is 134 cm³/mol. The number of ether oxygens (including phenoxy) is 2. The van der Waals surface area contributed by atoms with Gasteiger partial charge in [0, 0.05) is 10.0 Å². The van der Waals surface area contributed by atoms with Crippen LogP contribution in [0, 0.1) is 5.82 Å². The fourth-order valence-corrected chi connectivity index (χ4v) is 4.66. The van der Waals surface area contributed by atoms with Gasteiger partial charge in [-0.1, -0.05) is 57.9 Å². The Morgan fingerprint density at radius 1 is 1.12 bits per heavy atom. The number of hydrogen-bond acceptors (Lipinski definition) is 5. The lowest BCUT2D eigenvalue weighted by Gasteiger charge is -2.14. The van der Waals surface area contributed by atoms with Gasteiger partial charge in [0.25, 0.3) is 11.1 Å². The highest BCUT2D eigenvalue weighted by Crippen LogP contribution is 2.39. The minimum absolute atomic E-state index is 0.137. The zero-order valence-corrected chi connectivity index (χ0v) is 21.0. The van der Waals surface area contributed by atoms with Gasteiger partial charge in [-0.2, -0.15) is 0 Å². The second kappa shape index (κ2) is 10.6. The smallest absolute Gasteiger partial charge is 0.293 e. The summed E-state index contributed by atoms with van der Waals surface area (Å²) in [5, 5.41) is -0.166. The zero-order valence-electron chi connectivity index (χ0n) is 17.9. The van der Waals surface area contributed by atoms with Crippen LogP contribution in [0.5, 0.6) is 11.5 Å². The minimum atomic E-state index is -0.496. The highest BCUT2D eigenvalue weighted by molar-refractivity contribution is 9.10. The Bertz CT molecular complexity index is 1280. The number of rotatable bonds is 7. The summed E-state index contributed by atoms with van der Waals surface area (Å²) in [6.07, 6.45) is 1.55. The van der Waals surface area contributed by atoms with Gasteiger partial charge >= 0.3 is 0 Å². The van der Waals surface area contributed by atoms with Crippen molar-refractivity contribution in [1.82, 2.24) is 4.90 Å². The van der Waals surface area contributed by atoms with Crippen LogP contribution >= 0.6 is 39.3 Å². The summed E-state index contributed by atoms with van der Waals surface area (Å²) in [5.41, 5.74) is 1.78. The lowest BCUT2D eigenvalue weighted by molar-refractivity contribution is -0.123. The van der Waals surface area contributed by atoms with Crippen molar-refractivity contribution in [2.75, 3.05) is 7.11 Å². The normalized spacial score (nSPS) is 14.7. The molecule has 0 radical (unpaired) electrons. The maximum absolute atomic E-state index is 14.0. The van der Waals surface area contributed by atoms with Crippen molar-refractivity contribution in [1.29, 1.82) is 0 Å². The van der Waals surface area contributed by atoms with Crippen LogP contribution in [0.15, 0.2) is 70.0 Å². The number of nitrogens with zero attached hydrogens (tertiary/aromatic N) is 1. The third-order valence-corrected chi connectivity index (χ3v) is 6.72. The maximum atomic E-state index is 14.0. The van der Waals surface area contributed by atoms with Crippen molar-refractivity contribution < 1.29 is 23.5 Å². The largest absolute Gasteiger partial charge is 0.493 e. The molecule has 174 valence electrons. The van der Waals surface area contributed by atoms with Crippen molar-refractivity contribution in [2.45, 2.75) is 13.2 Å². The van der Waals surface area contributed by atoms with Crippen molar-refractivity contribution in [3.05, 3.63) is 97.6 Å². The van der Waals surface area contributed by atoms with Gasteiger partial charge in [0.2, 0.25) is 0 Å². The SMILES string of the molecule is COc1cc(/C=C2\SC(=O)N(Cc3ccccc3F)C2=O)cc(Cl)c1OCc1ccc(Br)cc1. The Labute approximate surface area is 213 Å². The molecule has 2 amide bonds. The van der Waals surface area contributed by atoms with Crippen LogP contribution in [0.25, 0.3) is 6.08 Å². The van der Waals surface area contributed by atoms with E-state index in [2.05, 4.69) is 15.9 Å². The van der Waals surface area contributed by atoms with E-state index in [0.29, 0.717) is 22.1 Å². The fraction of sp³-hybridized carbons (Fsp3) is 0.120. The summed E-state index contributed by atoms with van der Waals surface area (Å²) in [6.45, 7) is 0.152. The molecule has 1 saturated heterocycles. The summed E-state index contributed by atoms with van der Waals surface area (Å²) >= 11 is 10.6. The first-order valence-corrected chi connectivity index (χ1v) is 12.1. The minimum Gasteiger partial charge on any atom is -0.493 e. The average molecular weight is 563 g/mol. The van der Waals surface area contributed by atoms with E-state index >= 15 is 0 Å². The molecule has 34 heavy (non-hydrogen) atoms. The van der Waals surface area contributed by atoms with E-state index in [1.165, 1.54) is 13.2 Å². The van der Waals surface area contributed by atoms with E-state index in [-0.39, 0.29) is 23.6 Å². The van der Waals surface area contributed by atoms with E-state index in [4.69, 9.17) is 21.1 Å². The molecular weight excluding hydrogens is 545 g/mol. The molecule has 0 atom stereocenters. The first-order chi connectivity index (χ1) is 16.4. The van der Waals surface area contributed by atoms with Gasteiger partial charge in [0.05, 0.1) is 23.6 Å². The number of methoxy groups -OCH3 is 1. The lowest BCUT2D eigenvalue weighted by Crippen LogP contribution is -2.27. The van der Waals surface area contributed by atoms with Crippen molar-refractivity contribution in [2.24, 2.45) is 0 Å². The van der Waals surface area contributed by atoms with E-state index < -0.39 is 17.0 Å². The number of benzene rings is 3. The van der Waals surface area contributed by atoms with E-state index in [0.717, 1.165) is 26.7 Å². The molecule has 3 aromatic rings. The van der Waals surface area contributed by atoms with Gasteiger partial charge in [-0.15, -0.1) is 0 Å². The summed E-state index contributed by atoms with van der Waals surface area (Å²) in [7, 11) is 1.49. The number of hydrogen-bond donors (Lipinski definition) is 0. The van der Waals surface area contributed by atoms with Crippen LogP contribution in [0.2, 0.25) is 5.02 Å². The number of carbonyl (C=O) groups is 2. The molecule has 1 aliphatic heterocycles. The molecule has 1 aliphatic rings. The quantitative estimate of drug-likeness (QED) is 0.288. The summed E-state index contributed by atoms with van der Waals surface area (Å²) in [4.78, 5) is 26.5. The standard InChI is InChI=1S/C25H18BrClFNO4S/c1-32-21-11-16(10-19(27)23(21)33-14-15-6-8-18(26)9-7-15)12-22-24(30)29(25(31)34-22)13-17-4-2-3-5-20(17)28/h2-12H,13-14H2,1H3/b22-12-. The van der Waals surface area contributed by atoms with Gasteiger partial charge in [-0.3, -0.25) is 14.5 Å². The number of halogens is 3. The lowest BCUT2D eigenvalue weighted by atomic mass is 10.1. The highest BCUT2D eigenvalue weighted by Gasteiger charge is 2.35. The second-order valence-corrected chi connectivity index (χ2v) is 9.62. The molecule has 0 aliphatic carbocycles. The average Bonchev–Trinajstić information content (AvgIpc) is 3.07. The molecule has 0 aromatic heterocycles. The first kappa shape index (κ1) is 24.3. The Kier molecular flexibility index (Phi) is 7.60. The number of imide groups is 1. The van der Waals surface area contributed by atoms with Crippen molar-refractivity contribution in [3.8, 4) is 11.5 Å². The number of amides is 2. The summed E-state index contributed by atoms with van der Waals surface area (Å²) in [5.74, 6) is -0.206. The van der Waals surface area contributed by atoms with Crippen molar-refractivity contribution >= 4 is 56.5 Å². The second-order valence-electron chi connectivity index (χ2n) is 7.31. The molecule has 0 N–H and O–H groups in total. The van der Waals surface area contributed by atoms with E-state index in [9.17, 15) is 14.0 Å². The topological polar surface area (TPSA) is 55.8 Å². The molecule has 1 fully saturated rings. The molecule has 0 bridgehead atoms. The molecule has 3 aromatic carbocycles. The van der Waals surface area contributed by atoms with E-state index in [1.54, 1.807) is 36.4 Å². The van der Waals surface area contributed by atoms with Crippen LogP contribution in [-0.2, 0) is 17.9 Å². The first-order valence-electron chi connectivity index (χ1n) is 10.1. The number of thioether (sulfide) groups is 1. The van der Waals surface area contributed by atoms with Crippen LogP contribution in [0.3, 0.4) is 0 Å². The molecule has 0 unspecified atom stereocenters. The van der Waals surface area contributed by atoms with Gasteiger partial charge in [0.15, 0.2) is 11.5 Å². The fourth-order valence-electron chi connectivity index (χ4n) is 3.28. The van der Waals surface area contributed by atoms with E-state index in [1.807, 2.05) is 24.3 Å². The molecule has 4 rings (SSSR count). The summed E-state index contributed by atoms with van der Waals surface area (Å²) in [6, 6.07) is 17.0. The van der Waals surface area contributed by atoms with Crippen LogP contribution < -0.4 is 9.47 Å². The van der Waals surface area contributed by atoms with Crippen molar-refractivity contribution in [3.63, 3.8) is 0 Å². The zero-order chi connectivity index (χ0) is 24.2. The van der Waals surface area contributed by atoms with Gasteiger partial charge in [-0.25, -0.2) is 4.39 Å². The monoisotopic (exact) mass is 561 g/mol. The van der Waals surface area contributed by atoms with Crippen LogP contribution in [0.4, 0.5) is 9.18 Å². The Hall–Kier alpha value is -2.81. The number of carbonyl (C=O) groups excluding carboxylic acids is 2. The molecular formula is C25H18BrClFNO4S. The third kappa shape index (κ3) is 5.46. The summed E-state index contributed by atoms with van der Waals surface area (Å²) < 4.78 is 26.3. The van der Waals surface area contributed by atoms with Gasteiger partial charge in [0.1, 0.15) is 12.4 Å². The molecule has 9 heteroatoms. The molecule has 0 spiro atoms. The molecule has 1 heterocycles. The predicted octanol–water partition coefficient (Wildman–Crippen LogP) is 7.07. The Morgan fingerprint density at radius 3 is 2.56 bits per heavy atom. The van der Waals surface area contributed by atoms with Crippen LogP contribution in [-0.4, -0.2) is 23.2 Å². The Balaban J connectivity index is 1.53. The maximum Gasteiger partial charge on any atom is 0.293 e. The van der Waals surface area contributed by atoms with Gasteiger partial charge < -0.3 is 9.47 Å². The van der Waals surface area contributed by atoms with Gasteiger partial charge in [-0.05, 0) is 59.3 Å². The molecule has 0 saturated carbocycles. The van der Waals surface area contributed by atoms with Crippen LogP contribution in [0.1, 0.15) is 16.7 Å². The Morgan fingerprint density at radius 2 is 1.85 bits per heavy atom.